The smallest absolute Gasteiger partial charge is 0.408 e. The van der Waals surface area contributed by atoms with Gasteiger partial charge >= 0.3 is 13.7 Å². The fourth-order valence-electron chi connectivity index (χ4n) is 5.43. The van der Waals surface area contributed by atoms with Crippen LogP contribution in [-0.4, -0.2) is 60.7 Å². The Kier molecular flexibility index (Phi) is 13.6. The van der Waals surface area contributed by atoms with E-state index in [1.165, 1.54) is 0 Å². The van der Waals surface area contributed by atoms with Gasteiger partial charge in [-0.1, -0.05) is 60.2 Å². The molecule has 230 valence electrons. The van der Waals surface area contributed by atoms with Crippen molar-refractivity contribution in [2.75, 3.05) is 19.8 Å². The van der Waals surface area contributed by atoms with E-state index in [4.69, 9.17) is 13.8 Å². The SMILES string of the molecule is CCOP(=O)(OCC)C(O)C(C[C@@H]1CCNC1=O)NC(=O)C(CC1CCCCC1)NC(=O)OCc1cccc(Br)c1. The second-order valence-corrected chi connectivity index (χ2v) is 13.6. The number of ether oxygens (including phenoxy) is 1. The molecule has 0 spiro atoms. The van der Waals surface area contributed by atoms with E-state index in [0.29, 0.717) is 19.4 Å². The molecule has 3 unspecified atom stereocenters. The van der Waals surface area contributed by atoms with Gasteiger partial charge in [-0.3, -0.25) is 14.2 Å². The summed E-state index contributed by atoms with van der Waals surface area (Å²) in [5.74, 6) is -2.74. The maximum absolute atomic E-state index is 13.7. The summed E-state index contributed by atoms with van der Waals surface area (Å²) in [7, 11) is -4.05. The molecule has 1 aromatic rings. The molecule has 1 aromatic carbocycles. The number of amides is 3. The number of carbonyl (C=O) groups excluding carboxylic acids is 3. The molecule has 0 radical (unpaired) electrons. The number of hydrogen-bond acceptors (Lipinski definition) is 8. The first-order valence-electron chi connectivity index (χ1n) is 14.5. The zero-order chi connectivity index (χ0) is 29.8. The summed E-state index contributed by atoms with van der Waals surface area (Å²) in [6, 6.07) is 5.28. The van der Waals surface area contributed by atoms with Crippen molar-refractivity contribution in [3.8, 4) is 0 Å². The average Bonchev–Trinajstić information content (AvgIpc) is 3.35. The Morgan fingerprint density at radius 3 is 2.41 bits per heavy atom. The number of nitrogens with one attached hydrogen (secondary N) is 3. The highest BCUT2D eigenvalue weighted by molar-refractivity contribution is 9.10. The van der Waals surface area contributed by atoms with Crippen molar-refractivity contribution in [2.45, 2.75) is 89.7 Å². The molecule has 41 heavy (non-hydrogen) atoms. The normalized spacial score (nSPS) is 20.1. The third-order valence-electron chi connectivity index (χ3n) is 7.49. The molecule has 1 aliphatic carbocycles. The molecule has 2 aliphatic rings. The minimum absolute atomic E-state index is 0.0209. The molecule has 13 heteroatoms. The van der Waals surface area contributed by atoms with Gasteiger partial charge in [-0.05, 0) is 56.7 Å². The minimum atomic E-state index is -4.05. The molecule has 4 N–H and O–H groups in total. The summed E-state index contributed by atoms with van der Waals surface area (Å²) in [6.07, 6.45) is 5.31. The van der Waals surface area contributed by atoms with Crippen LogP contribution in [0.2, 0.25) is 0 Å². The minimum Gasteiger partial charge on any atom is -0.445 e. The molecular formula is C28H43BrN3O8P. The van der Waals surface area contributed by atoms with E-state index in [2.05, 4.69) is 31.9 Å². The number of carbonyl (C=O) groups is 3. The number of aliphatic hydroxyl groups excluding tert-OH is 1. The monoisotopic (exact) mass is 659 g/mol. The Morgan fingerprint density at radius 1 is 1.10 bits per heavy atom. The molecule has 1 saturated heterocycles. The van der Waals surface area contributed by atoms with Crippen molar-refractivity contribution in [1.29, 1.82) is 0 Å². The highest BCUT2D eigenvalue weighted by Crippen LogP contribution is 2.53. The maximum Gasteiger partial charge on any atom is 0.408 e. The van der Waals surface area contributed by atoms with Crippen LogP contribution in [0, 0.1) is 11.8 Å². The van der Waals surface area contributed by atoms with Crippen LogP contribution in [0.5, 0.6) is 0 Å². The van der Waals surface area contributed by atoms with Crippen molar-refractivity contribution >= 4 is 41.4 Å². The maximum atomic E-state index is 13.7. The molecule has 3 amide bonds. The molecule has 1 aliphatic heterocycles. The van der Waals surface area contributed by atoms with Crippen molar-refractivity contribution in [3.63, 3.8) is 0 Å². The molecule has 3 rings (SSSR count). The number of benzene rings is 1. The molecule has 1 heterocycles. The first-order chi connectivity index (χ1) is 19.6. The quantitative estimate of drug-likeness (QED) is 0.199. The zero-order valence-electron chi connectivity index (χ0n) is 23.8. The van der Waals surface area contributed by atoms with E-state index in [9.17, 15) is 24.1 Å². The van der Waals surface area contributed by atoms with Crippen LogP contribution in [0.3, 0.4) is 0 Å². The van der Waals surface area contributed by atoms with Crippen LogP contribution >= 0.6 is 23.5 Å². The van der Waals surface area contributed by atoms with Crippen LogP contribution in [0.4, 0.5) is 4.79 Å². The van der Waals surface area contributed by atoms with Gasteiger partial charge in [-0.15, -0.1) is 0 Å². The topological polar surface area (TPSA) is 152 Å². The predicted octanol–water partition coefficient (Wildman–Crippen LogP) is 4.61. The van der Waals surface area contributed by atoms with E-state index >= 15 is 0 Å². The summed E-state index contributed by atoms with van der Waals surface area (Å²) in [5, 5.41) is 19.5. The lowest BCUT2D eigenvalue weighted by Crippen LogP contribution is -2.54. The van der Waals surface area contributed by atoms with Gasteiger partial charge in [-0.25, -0.2) is 4.79 Å². The second kappa shape index (κ2) is 16.6. The van der Waals surface area contributed by atoms with Gasteiger partial charge < -0.3 is 34.8 Å². The van der Waals surface area contributed by atoms with Crippen LogP contribution in [0.25, 0.3) is 0 Å². The van der Waals surface area contributed by atoms with Gasteiger partial charge in [-0.2, -0.15) is 0 Å². The van der Waals surface area contributed by atoms with Crippen molar-refractivity contribution in [2.24, 2.45) is 11.8 Å². The van der Waals surface area contributed by atoms with Crippen LogP contribution in [0.1, 0.15) is 70.8 Å². The molecule has 0 aromatic heterocycles. The van der Waals surface area contributed by atoms with Gasteiger partial charge in [0.25, 0.3) is 0 Å². The first-order valence-corrected chi connectivity index (χ1v) is 16.9. The molecule has 0 bridgehead atoms. The highest BCUT2D eigenvalue weighted by atomic mass is 79.9. The Morgan fingerprint density at radius 2 is 1.80 bits per heavy atom. The summed E-state index contributed by atoms with van der Waals surface area (Å²) >= 11 is 3.39. The van der Waals surface area contributed by atoms with Crippen molar-refractivity contribution < 1.29 is 37.8 Å². The first kappa shape index (κ1) is 33.5. The van der Waals surface area contributed by atoms with Crippen LogP contribution < -0.4 is 16.0 Å². The summed E-state index contributed by atoms with van der Waals surface area (Å²) < 4.78 is 30.4. The van der Waals surface area contributed by atoms with Gasteiger partial charge in [0.1, 0.15) is 12.6 Å². The lowest BCUT2D eigenvalue weighted by molar-refractivity contribution is -0.126. The Balaban J connectivity index is 1.77. The third kappa shape index (κ3) is 10.4. The number of rotatable bonds is 15. The van der Waals surface area contributed by atoms with Gasteiger partial charge in [0.05, 0.1) is 19.3 Å². The Bertz CT molecular complexity index is 1060. The summed E-state index contributed by atoms with van der Waals surface area (Å²) in [6.45, 7) is 3.79. The van der Waals surface area contributed by atoms with E-state index in [0.717, 1.165) is 42.1 Å². The van der Waals surface area contributed by atoms with Crippen molar-refractivity contribution in [1.82, 2.24) is 16.0 Å². The molecule has 11 nitrogen and oxygen atoms in total. The predicted molar refractivity (Wildman–Crippen MR) is 157 cm³/mol. The largest absolute Gasteiger partial charge is 0.445 e. The Labute approximate surface area is 250 Å². The van der Waals surface area contributed by atoms with Gasteiger partial charge in [0, 0.05) is 16.9 Å². The fraction of sp³-hybridized carbons (Fsp3) is 0.679. The second-order valence-electron chi connectivity index (χ2n) is 10.6. The van der Waals surface area contributed by atoms with E-state index < -0.39 is 43.4 Å². The van der Waals surface area contributed by atoms with E-state index in [1.807, 2.05) is 24.3 Å². The highest BCUT2D eigenvalue weighted by Gasteiger charge is 2.43. The Hall–Kier alpha value is -1.98. The third-order valence-corrected chi connectivity index (χ3v) is 10.2. The lowest BCUT2D eigenvalue weighted by atomic mass is 9.84. The zero-order valence-corrected chi connectivity index (χ0v) is 26.3. The van der Waals surface area contributed by atoms with Gasteiger partial charge in [0.15, 0.2) is 5.85 Å². The number of aliphatic hydroxyl groups is 1. The van der Waals surface area contributed by atoms with Crippen LogP contribution in [0.15, 0.2) is 28.7 Å². The molecule has 4 atom stereocenters. The van der Waals surface area contributed by atoms with E-state index in [-0.39, 0.29) is 38.1 Å². The number of halogens is 1. The average molecular weight is 661 g/mol. The molecule has 2 fully saturated rings. The van der Waals surface area contributed by atoms with E-state index in [1.54, 1.807) is 13.8 Å². The number of hydrogen-bond donors (Lipinski definition) is 4. The van der Waals surface area contributed by atoms with Crippen LogP contribution in [-0.2, 0) is 34.5 Å². The van der Waals surface area contributed by atoms with Gasteiger partial charge in [0.2, 0.25) is 11.8 Å². The lowest BCUT2D eigenvalue weighted by Gasteiger charge is -2.32. The summed E-state index contributed by atoms with van der Waals surface area (Å²) in [4.78, 5) is 38.9. The fourth-order valence-corrected chi connectivity index (χ4v) is 7.62. The van der Waals surface area contributed by atoms with Crippen molar-refractivity contribution in [3.05, 3.63) is 34.3 Å². The molecular weight excluding hydrogens is 617 g/mol. The standard InChI is InChI=1S/C28H43BrN3O8P/c1-3-39-41(37,40-4-2)27(35)24(17-21-13-14-30-25(21)33)31-26(34)23(16-19-9-6-5-7-10-19)32-28(36)38-18-20-11-8-12-22(29)15-20/h8,11-12,15,19,21,23-24,27,35H,3-7,9-10,13-14,16-18H2,1-2H3,(H,30,33)(H,31,34)(H,32,36)/t21-,23?,24?,27?/m0/s1. The summed E-state index contributed by atoms with van der Waals surface area (Å²) in [5.41, 5.74) is 0.781. The number of alkyl carbamates (subject to hydrolysis) is 1. The molecule has 1 saturated carbocycles.